The smallest absolute Gasteiger partial charge is 0.429 e. The molecule has 0 spiro atoms. The van der Waals surface area contributed by atoms with Crippen LogP contribution in [0.1, 0.15) is 70.7 Å². The standard InChI is InChI=1S/C32H45N3O6Si/c1-31(2,3)41-29(37)33-35(30(38)39-20-22-14-10-9-11-15-22)27-19-26-25-17-13-12-16-23(25)18-24(34(26)28(27)36)21-40-42(7,8)32(4,5)6/h9-17,24,26-27H,18-21H2,1-8H3,(H,33,37)/t24-,26+,27-/m0/s1. The van der Waals surface area contributed by atoms with E-state index in [4.69, 9.17) is 13.9 Å². The molecular formula is C32H45N3O6Si. The first-order chi connectivity index (χ1) is 19.6. The van der Waals surface area contributed by atoms with E-state index in [1.807, 2.05) is 53.4 Å². The quantitative estimate of drug-likeness (QED) is 0.309. The minimum Gasteiger partial charge on any atom is -0.443 e. The van der Waals surface area contributed by atoms with Gasteiger partial charge in [-0.1, -0.05) is 75.4 Å². The number of nitrogens with one attached hydrogen (secondary N) is 1. The molecule has 228 valence electrons. The minimum absolute atomic E-state index is 0.00790. The normalized spacial score (nSPS) is 20.4. The molecule has 2 aromatic carbocycles. The zero-order valence-corrected chi connectivity index (χ0v) is 27.1. The molecule has 0 aromatic heterocycles. The molecule has 2 heterocycles. The second kappa shape index (κ2) is 12.1. The highest BCUT2D eigenvalue weighted by atomic mass is 28.4. The second-order valence-electron chi connectivity index (χ2n) is 13.7. The van der Waals surface area contributed by atoms with Crippen LogP contribution in [0.15, 0.2) is 54.6 Å². The molecular weight excluding hydrogens is 550 g/mol. The molecule has 0 bridgehead atoms. The highest BCUT2D eigenvalue weighted by Crippen LogP contribution is 2.43. The topological polar surface area (TPSA) is 97.4 Å². The Balaban J connectivity index is 1.62. The predicted octanol–water partition coefficient (Wildman–Crippen LogP) is 6.35. The molecule has 0 aliphatic carbocycles. The Kier molecular flexibility index (Phi) is 9.08. The first-order valence-corrected chi connectivity index (χ1v) is 17.5. The number of hydrogen-bond donors (Lipinski definition) is 1. The van der Waals surface area contributed by atoms with Crippen LogP contribution in [0.4, 0.5) is 9.59 Å². The molecule has 3 amide bonds. The van der Waals surface area contributed by atoms with Gasteiger partial charge < -0.3 is 18.8 Å². The van der Waals surface area contributed by atoms with Gasteiger partial charge >= 0.3 is 12.2 Å². The fourth-order valence-electron chi connectivity index (χ4n) is 5.18. The molecule has 1 fully saturated rings. The summed E-state index contributed by atoms with van der Waals surface area (Å²) in [7, 11) is -2.09. The number of hydrogen-bond acceptors (Lipinski definition) is 6. The Bertz CT molecular complexity index is 1290. The van der Waals surface area contributed by atoms with Crippen LogP contribution in [0.3, 0.4) is 0 Å². The van der Waals surface area contributed by atoms with Crippen molar-refractivity contribution in [1.82, 2.24) is 15.3 Å². The molecule has 0 unspecified atom stereocenters. The second-order valence-corrected chi connectivity index (χ2v) is 18.5. The number of rotatable bonds is 6. The number of hydrazine groups is 1. The van der Waals surface area contributed by atoms with E-state index in [9.17, 15) is 14.4 Å². The van der Waals surface area contributed by atoms with Crippen LogP contribution in [0, 0.1) is 0 Å². The van der Waals surface area contributed by atoms with Crippen molar-refractivity contribution in [2.45, 2.75) is 103 Å². The van der Waals surface area contributed by atoms with Crippen LogP contribution in [0.25, 0.3) is 0 Å². The van der Waals surface area contributed by atoms with Crippen molar-refractivity contribution < 1.29 is 28.3 Å². The van der Waals surface area contributed by atoms with Crippen molar-refractivity contribution >= 4 is 26.4 Å². The van der Waals surface area contributed by atoms with Crippen molar-refractivity contribution in [2.24, 2.45) is 0 Å². The van der Waals surface area contributed by atoms with E-state index in [0.29, 0.717) is 19.4 Å². The summed E-state index contributed by atoms with van der Waals surface area (Å²) in [5.41, 5.74) is 4.73. The monoisotopic (exact) mass is 595 g/mol. The SMILES string of the molecule is CC(C)(C)OC(=O)NN(C(=O)OCc1ccccc1)[C@H]1C[C@@H]2c3ccccc3C[C@@H](CO[Si](C)(C)C(C)(C)C)N2C1=O. The Morgan fingerprint density at radius 1 is 1.00 bits per heavy atom. The number of carbonyl (C=O) groups excluding carboxylic acids is 3. The average Bonchev–Trinajstić information content (AvgIpc) is 3.25. The van der Waals surface area contributed by atoms with E-state index in [-0.39, 0.29) is 29.6 Å². The van der Waals surface area contributed by atoms with Crippen LogP contribution in [0.5, 0.6) is 0 Å². The van der Waals surface area contributed by atoms with Gasteiger partial charge in [-0.05, 0) is 62.0 Å². The maximum absolute atomic E-state index is 14.2. The summed E-state index contributed by atoms with van der Waals surface area (Å²) >= 11 is 0. The Morgan fingerprint density at radius 2 is 1.64 bits per heavy atom. The summed E-state index contributed by atoms with van der Waals surface area (Å²) in [5, 5.41) is 1.03. The third-order valence-corrected chi connectivity index (χ3v) is 12.9. The first-order valence-electron chi connectivity index (χ1n) is 14.6. The lowest BCUT2D eigenvalue weighted by atomic mass is 9.89. The van der Waals surface area contributed by atoms with E-state index in [1.165, 1.54) is 0 Å². The summed E-state index contributed by atoms with van der Waals surface area (Å²) in [6, 6.07) is 15.9. The lowest BCUT2D eigenvalue weighted by Gasteiger charge is -2.42. The molecule has 1 N–H and O–H groups in total. The Hall–Kier alpha value is -3.37. The van der Waals surface area contributed by atoms with E-state index >= 15 is 0 Å². The van der Waals surface area contributed by atoms with Gasteiger partial charge in [-0.2, -0.15) is 0 Å². The zero-order valence-electron chi connectivity index (χ0n) is 26.1. The maximum Gasteiger partial charge on any atom is 0.429 e. The van der Waals surface area contributed by atoms with Crippen molar-refractivity contribution in [1.29, 1.82) is 0 Å². The number of ether oxygens (including phenoxy) is 2. The summed E-state index contributed by atoms with van der Waals surface area (Å²) in [5.74, 6) is -0.258. The van der Waals surface area contributed by atoms with E-state index < -0.39 is 32.1 Å². The number of fused-ring (bicyclic) bond motifs is 3. The highest BCUT2D eigenvalue weighted by Gasteiger charge is 2.51. The summed E-state index contributed by atoms with van der Waals surface area (Å²) < 4.78 is 17.6. The molecule has 3 atom stereocenters. The lowest BCUT2D eigenvalue weighted by Crippen LogP contribution is -2.57. The van der Waals surface area contributed by atoms with Crippen LogP contribution < -0.4 is 5.43 Å². The van der Waals surface area contributed by atoms with Crippen molar-refractivity contribution in [3.63, 3.8) is 0 Å². The Morgan fingerprint density at radius 3 is 2.29 bits per heavy atom. The van der Waals surface area contributed by atoms with Gasteiger partial charge in [-0.3, -0.25) is 4.79 Å². The number of amides is 3. The van der Waals surface area contributed by atoms with Gasteiger partial charge in [0.05, 0.1) is 18.7 Å². The van der Waals surface area contributed by atoms with Crippen LogP contribution in [-0.2, 0) is 31.7 Å². The first kappa shape index (κ1) is 31.6. The number of nitrogens with zero attached hydrogens (tertiary/aromatic N) is 2. The molecule has 2 aliphatic rings. The van der Waals surface area contributed by atoms with Gasteiger partial charge in [-0.25, -0.2) is 20.0 Å². The lowest BCUT2D eigenvalue weighted by molar-refractivity contribution is -0.137. The van der Waals surface area contributed by atoms with E-state index in [2.05, 4.69) is 45.4 Å². The van der Waals surface area contributed by atoms with Crippen LogP contribution >= 0.6 is 0 Å². The van der Waals surface area contributed by atoms with Gasteiger partial charge in [0.2, 0.25) is 5.91 Å². The average molecular weight is 596 g/mol. The van der Waals surface area contributed by atoms with Gasteiger partial charge in [0.15, 0.2) is 8.32 Å². The largest absolute Gasteiger partial charge is 0.443 e. The molecule has 2 aliphatic heterocycles. The third-order valence-electron chi connectivity index (χ3n) is 8.35. The number of benzene rings is 2. The molecule has 2 aromatic rings. The fourth-order valence-corrected chi connectivity index (χ4v) is 6.22. The molecule has 0 radical (unpaired) electrons. The predicted molar refractivity (Wildman–Crippen MR) is 163 cm³/mol. The van der Waals surface area contributed by atoms with Gasteiger partial charge in [0.25, 0.3) is 0 Å². The van der Waals surface area contributed by atoms with Gasteiger partial charge in [0.1, 0.15) is 18.2 Å². The summed E-state index contributed by atoms with van der Waals surface area (Å²) in [6.07, 6.45) is -0.722. The Labute approximate surface area is 250 Å². The fraction of sp³-hybridized carbons (Fsp3) is 0.531. The molecule has 1 saturated heterocycles. The molecule has 10 heteroatoms. The summed E-state index contributed by atoms with van der Waals surface area (Å²) in [4.78, 5) is 42.4. The molecule has 0 saturated carbocycles. The van der Waals surface area contributed by atoms with Crippen LogP contribution in [0.2, 0.25) is 18.1 Å². The van der Waals surface area contributed by atoms with Crippen LogP contribution in [-0.4, -0.2) is 60.6 Å². The van der Waals surface area contributed by atoms with E-state index in [0.717, 1.165) is 21.7 Å². The minimum atomic E-state index is -2.09. The zero-order chi connectivity index (χ0) is 30.9. The molecule has 4 rings (SSSR count). The third kappa shape index (κ3) is 7.15. The van der Waals surface area contributed by atoms with Gasteiger partial charge in [-0.15, -0.1) is 0 Å². The van der Waals surface area contributed by atoms with Crippen molar-refractivity contribution in [2.75, 3.05) is 6.61 Å². The van der Waals surface area contributed by atoms with Gasteiger partial charge in [0, 0.05) is 6.42 Å². The maximum atomic E-state index is 14.2. The highest BCUT2D eigenvalue weighted by molar-refractivity contribution is 6.74. The summed E-state index contributed by atoms with van der Waals surface area (Å²) in [6.45, 7) is 16.6. The molecule has 42 heavy (non-hydrogen) atoms. The van der Waals surface area contributed by atoms with E-state index in [1.54, 1.807) is 20.8 Å². The van der Waals surface area contributed by atoms with Crippen molar-refractivity contribution in [3.8, 4) is 0 Å². The molecule has 9 nitrogen and oxygen atoms in total. The van der Waals surface area contributed by atoms with Crippen molar-refractivity contribution in [3.05, 3.63) is 71.3 Å². The number of carbonyl (C=O) groups is 3.